The Bertz CT molecular complexity index is 199. The largest absolute Gasteiger partial charge is 0.466 e. The molecule has 1 N–H and O–H groups in total. The van der Waals surface area contributed by atoms with Gasteiger partial charge in [0.15, 0.2) is 0 Å². The van der Waals surface area contributed by atoms with Gasteiger partial charge in [0.25, 0.3) is 0 Å². The molecule has 0 aromatic carbocycles. The third-order valence-electron chi connectivity index (χ3n) is 1.25. The van der Waals surface area contributed by atoms with E-state index >= 15 is 0 Å². The van der Waals surface area contributed by atoms with Crippen LogP contribution in [0.5, 0.6) is 0 Å². The van der Waals surface area contributed by atoms with Crippen LogP contribution in [0.3, 0.4) is 0 Å². The first-order chi connectivity index (χ1) is 6.20. The van der Waals surface area contributed by atoms with Crippen LogP contribution < -0.4 is 5.32 Å². The summed E-state index contributed by atoms with van der Waals surface area (Å²) in [5, 5.41) is 2.55. The number of rotatable bonds is 5. The number of carbonyl (C=O) groups excluding carboxylic acids is 2. The van der Waals surface area contributed by atoms with Gasteiger partial charge in [-0.3, -0.25) is 9.59 Å². The molecule has 0 saturated carbocycles. The lowest BCUT2D eigenvalue weighted by Crippen LogP contribution is -2.24. The smallest absolute Gasteiger partial charge is 0.307 e. The van der Waals surface area contributed by atoms with Gasteiger partial charge in [0.2, 0.25) is 5.91 Å². The molecule has 0 aromatic rings. The van der Waals surface area contributed by atoms with Gasteiger partial charge in [-0.1, -0.05) is 6.08 Å². The predicted octanol–water partition coefficient (Wildman–Crippen LogP) is 0.632. The number of carbonyl (C=O) groups is 2. The van der Waals surface area contributed by atoms with Crippen molar-refractivity contribution in [3.8, 4) is 0 Å². The Morgan fingerprint density at radius 2 is 2.15 bits per heavy atom. The summed E-state index contributed by atoms with van der Waals surface area (Å²) in [6.45, 7) is 4.20. The average molecular weight is 185 g/mol. The summed E-state index contributed by atoms with van der Waals surface area (Å²) in [6, 6.07) is 0. The quantitative estimate of drug-likeness (QED) is 0.505. The van der Waals surface area contributed by atoms with Crippen molar-refractivity contribution in [1.82, 2.24) is 5.32 Å². The van der Waals surface area contributed by atoms with Gasteiger partial charge in [-0.25, -0.2) is 0 Å². The van der Waals surface area contributed by atoms with E-state index < -0.39 is 0 Å². The molecule has 0 unspecified atom stereocenters. The molecule has 0 bridgehead atoms. The van der Waals surface area contributed by atoms with Crippen LogP contribution in [0.15, 0.2) is 12.2 Å². The molecule has 0 aromatic heterocycles. The maximum absolute atomic E-state index is 10.8. The third-order valence-corrected chi connectivity index (χ3v) is 1.25. The first kappa shape index (κ1) is 11.7. The number of hydrogen-bond acceptors (Lipinski definition) is 3. The van der Waals surface area contributed by atoms with Crippen molar-refractivity contribution < 1.29 is 14.3 Å². The molecule has 0 heterocycles. The molecule has 4 nitrogen and oxygen atoms in total. The van der Waals surface area contributed by atoms with Gasteiger partial charge in [-0.2, -0.15) is 0 Å². The Morgan fingerprint density at radius 1 is 1.46 bits per heavy atom. The Balaban J connectivity index is 3.44. The van der Waals surface area contributed by atoms with Crippen molar-refractivity contribution in [3.63, 3.8) is 0 Å². The molecule has 0 spiro atoms. The first-order valence-corrected chi connectivity index (χ1v) is 4.26. The molecular formula is C9H15NO3. The molecule has 0 aliphatic heterocycles. The van der Waals surface area contributed by atoms with E-state index in [1.807, 2.05) is 0 Å². The zero-order chi connectivity index (χ0) is 10.1. The van der Waals surface area contributed by atoms with Crippen molar-refractivity contribution in [2.75, 3.05) is 13.2 Å². The van der Waals surface area contributed by atoms with Crippen molar-refractivity contribution >= 4 is 11.9 Å². The number of nitrogens with one attached hydrogen (secondary N) is 1. The van der Waals surface area contributed by atoms with Gasteiger partial charge in [-0.05, 0) is 19.9 Å². The minimum Gasteiger partial charge on any atom is -0.466 e. The topological polar surface area (TPSA) is 55.4 Å². The zero-order valence-corrected chi connectivity index (χ0v) is 8.00. The molecule has 0 aliphatic rings. The summed E-state index contributed by atoms with van der Waals surface area (Å²) >= 11 is 0. The maximum atomic E-state index is 10.8. The van der Waals surface area contributed by atoms with Crippen LogP contribution in [-0.4, -0.2) is 25.0 Å². The van der Waals surface area contributed by atoms with Gasteiger partial charge in [0, 0.05) is 6.54 Å². The van der Waals surface area contributed by atoms with Crippen LogP contribution >= 0.6 is 0 Å². The molecule has 0 radical (unpaired) electrons. The van der Waals surface area contributed by atoms with E-state index in [0.717, 1.165) is 0 Å². The SMILES string of the molecule is CC=CC(=O)NCCC(=O)OCC. The standard InChI is InChI=1S/C9H15NO3/c1-3-5-8(11)10-7-6-9(12)13-4-2/h3,5H,4,6-7H2,1-2H3,(H,10,11). The fourth-order valence-corrected chi connectivity index (χ4v) is 0.731. The monoisotopic (exact) mass is 185 g/mol. The second-order valence-corrected chi connectivity index (χ2v) is 2.35. The van der Waals surface area contributed by atoms with E-state index in [0.29, 0.717) is 13.2 Å². The van der Waals surface area contributed by atoms with Crippen molar-refractivity contribution in [2.45, 2.75) is 20.3 Å². The Hall–Kier alpha value is -1.32. The zero-order valence-electron chi connectivity index (χ0n) is 8.00. The fourth-order valence-electron chi connectivity index (χ4n) is 0.731. The Morgan fingerprint density at radius 3 is 2.69 bits per heavy atom. The summed E-state index contributed by atoms with van der Waals surface area (Å²) < 4.78 is 4.68. The molecule has 0 saturated heterocycles. The number of esters is 1. The van der Waals surface area contributed by atoms with Gasteiger partial charge < -0.3 is 10.1 Å². The third kappa shape index (κ3) is 7.05. The lowest BCUT2D eigenvalue weighted by atomic mass is 10.4. The second-order valence-electron chi connectivity index (χ2n) is 2.35. The van der Waals surface area contributed by atoms with E-state index in [2.05, 4.69) is 10.1 Å². The van der Waals surface area contributed by atoms with E-state index in [-0.39, 0.29) is 18.3 Å². The summed E-state index contributed by atoms with van der Waals surface area (Å²) in [5.74, 6) is -0.477. The van der Waals surface area contributed by atoms with Crippen LogP contribution in [0.1, 0.15) is 20.3 Å². The molecule has 0 aliphatic carbocycles. The molecule has 0 rings (SSSR count). The van der Waals surface area contributed by atoms with Crippen molar-refractivity contribution in [2.24, 2.45) is 0 Å². The van der Waals surface area contributed by atoms with Crippen LogP contribution in [0.2, 0.25) is 0 Å². The van der Waals surface area contributed by atoms with Gasteiger partial charge in [0.05, 0.1) is 13.0 Å². The maximum Gasteiger partial charge on any atom is 0.307 e. The molecular weight excluding hydrogens is 170 g/mol. The Kier molecular flexibility index (Phi) is 6.59. The predicted molar refractivity (Wildman–Crippen MR) is 49.1 cm³/mol. The molecule has 0 fully saturated rings. The number of amides is 1. The van der Waals surface area contributed by atoms with Gasteiger partial charge in [-0.15, -0.1) is 0 Å². The summed E-state index contributed by atoms with van der Waals surface area (Å²) in [5.41, 5.74) is 0. The molecule has 74 valence electrons. The summed E-state index contributed by atoms with van der Waals surface area (Å²) in [6.07, 6.45) is 3.27. The number of allylic oxidation sites excluding steroid dienone is 1. The van der Waals surface area contributed by atoms with Crippen LogP contribution in [0, 0.1) is 0 Å². The summed E-state index contributed by atoms with van der Waals surface area (Å²) in [4.78, 5) is 21.6. The lowest BCUT2D eigenvalue weighted by molar-refractivity contribution is -0.142. The lowest BCUT2D eigenvalue weighted by Gasteiger charge is -2.01. The minimum absolute atomic E-state index is 0.188. The van der Waals surface area contributed by atoms with E-state index in [4.69, 9.17) is 0 Å². The van der Waals surface area contributed by atoms with Crippen LogP contribution in [-0.2, 0) is 14.3 Å². The van der Waals surface area contributed by atoms with Crippen LogP contribution in [0.4, 0.5) is 0 Å². The van der Waals surface area contributed by atoms with E-state index in [1.54, 1.807) is 19.9 Å². The van der Waals surface area contributed by atoms with Crippen molar-refractivity contribution in [3.05, 3.63) is 12.2 Å². The normalized spacial score (nSPS) is 10.0. The van der Waals surface area contributed by atoms with E-state index in [9.17, 15) is 9.59 Å². The average Bonchev–Trinajstić information content (AvgIpc) is 2.05. The van der Waals surface area contributed by atoms with Gasteiger partial charge in [0.1, 0.15) is 0 Å². The fraction of sp³-hybridized carbons (Fsp3) is 0.556. The second kappa shape index (κ2) is 7.34. The number of ether oxygens (including phenoxy) is 1. The summed E-state index contributed by atoms with van der Waals surface area (Å²) in [7, 11) is 0. The highest BCUT2D eigenvalue weighted by atomic mass is 16.5. The highest BCUT2D eigenvalue weighted by Gasteiger charge is 2.01. The molecule has 13 heavy (non-hydrogen) atoms. The molecule has 0 atom stereocenters. The van der Waals surface area contributed by atoms with Gasteiger partial charge >= 0.3 is 5.97 Å². The molecule has 4 heteroatoms. The molecule has 1 amide bonds. The van der Waals surface area contributed by atoms with Crippen LogP contribution in [0.25, 0.3) is 0 Å². The Labute approximate surface area is 78.0 Å². The minimum atomic E-state index is -0.289. The highest BCUT2D eigenvalue weighted by Crippen LogP contribution is 1.84. The first-order valence-electron chi connectivity index (χ1n) is 4.26. The highest BCUT2D eigenvalue weighted by molar-refractivity contribution is 5.87. The van der Waals surface area contributed by atoms with E-state index in [1.165, 1.54) is 6.08 Å². The number of hydrogen-bond donors (Lipinski definition) is 1. The van der Waals surface area contributed by atoms with Crippen molar-refractivity contribution in [1.29, 1.82) is 0 Å².